The summed E-state index contributed by atoms with van der Waals surface area (Å²) < 4.78 is 44.2. The van der Waals surface area contributed by atoms with Crippen LogP contribution < -0.4 is 28.4 Å². The summed E-state index contributed by atoms with van der Waals surface area (Å²) in [6.07, 6.45) is 1.12. The van der Waals surface area contributed by atoms with E-state index in [-0.39, 0.29) is 18.1 Å². The maximum atomic E-state index is 12.6. The van der Waals surface area contributed by atoms with E-state index in [0.29, 0.717) is 72.1 Å². The lowest BCUT2D eigenvalue weighted by Crippen LogP contribution is -2.13. The quantitative estimate of drug-likeness (QED) is 0.0755. The van der Waals surface area contributed by atoms with Crippen LogP contribution in [-0.2, 0) is 9.47 Å². The molecule has 244 valence electrons. The molecule has 0 radical (unpaired) electrons. The van der Waals surface area contributed by atoms with E-state index in [1.807, 2.05) is 0 Å². The first-order chi connectivity index (χ1) is 23.0. The van der Waals surface area contributed by atoms with Gasteiger partial charge in [0.2, 0.25) is 0 Å². The van der Waals surface area contributed by atoms with Gasteiger partial charge in [0.25, 0.3) is 0 Å². The van der Waals surface area contributed by atoms with Crippen molar-refractivity contribution >= 4 is 11.9 Å². The minimum absolute atomic E-state index is 0.179. The van der Waals surface area contributed by atoms with E-state index in [2.05, 4.69) is 6.92 Å². The first kappa shape index (κ1) is 31.9. The third kappa shape index (κ3) is 10.2. The van der Waals surface area contributed by atoms with Gasteiger partial charge in [0.05, 0.1) is 37.6 Å². The summed E-state index contributed by atoms with van der Waals surface area (Å²) in [4.78, 5) is 25.1. The summed E-state index contributed by atoms with van der Waals surface area (Å²) in [5.41, 5.74) is 0.840. The lowest BCUT2D eigenvalue weighted by molar-refractivity contribution is 0.0725. The van der Waals surface area contributed by atoms with Gasteiger partial charge in [-0.3, -0.25) is 0 Å². The number of rotatable bonds is 17. The second-order valence-corrected chi connectivity index (χ2v) is 11.4. The molecule has 2 fully saturated rings. The number of ether oxygens (including phenoxy) is 8. The summed E-state index contributed by atoms with van der Waals surface area (Å²) in [7, 11) is 0. The Morgan fingerprint density at radius 1 is 0.574 bits per heavy atom. The zero-order valence-corrected chi connectivity index (χ0v) is 26.0. The maximum Gasteiger partial charge on any atom is 0.343 e. The molecule has 0 saturated carbocycles. The second kappa shape index (κ2) is 15.5. The van der Waals surface area contributed by atoms with Gasteiger partial charge in [-0.2, -0.15) is 0 Å². The van der Waals surface area contributed by atoms with Gasteiger partial charge < -0.3 is 37.9 Å². The van der Waals surface area contributed by atoms with E-state index >= 15 is 0 Å². The zero-order chi connectivity index (χ0) is 32.4. The molecular formula is C37H36O10. The average molecular weight is 641 g/mol. The van der Waals surface area contributed by atoms with Gasteiger partial charge in [0, 0.05) is 0 Å². The summed E-state index contributed by atoms with van der Waals surface area (Å²) in [5, 5.41) is 0. The highest BCUT2D eigenvalue weighted by Gasteiger charge is 2.23. The minimum Gasteiger partial charge on any atom is -0.494 e. The van der Waals surface area contributed by atoms with Crippen LogP contribution in [0, 0.1) is 5.92 Å². The van der Waals surface area contributed by atoms with Crippen molar-refractivity contribution in [1.29, 1.82) is 0 Å². The molecule has 0 spiro atoms. The van der Waals surface area contributed by atoms with E-state index in [0.717, 1.165) is 19.6 Å². The van der Waals surface area contributed by atoms with E-state index in [1.165, 1.54) is 0 Å². The van der Waals surface area contributed by atoms with Crippen molar-refractivity contribution in [3.63, 3.8) is 0 Å². The first-order valence-electron chi connectivity index (χ1n) is 15.6. The Labute approximate surface area is 273 Å². The summed E-state index contributed by atoms with van der Waals surface area (Å²) in [6, 6.07) is 27.5. The van der Waals surface area contributed by atoms with Crippen molar-refractivity contribution in [2.45, 2.75) is 25.6 Å². The number of hydrogen-bond acceptors (Lipinski definition) is 10. The molecule has 3 atom stereocenters. The van der Waals surface area contributed by atoms with Crippen molar-refractivity contribution in [1.82, 2.24) is 0 Å². The zero-order valence-electron chi connectivity index (χ0n) is 26.0. The van der Waals surface area contributed by atoms with Crippen LogP contribution in [-0.4, -0.2) is 63.8 Å². The SMILES string of the molecule is CC(CCOc1ccc(C(=O)Oc2ccc(OCC3CO3)cc2)cc1)COc1ccc(C(=O)Oc2ccc(OCC3CO3)cc2)cc1. The highest BCUT2D eigenvalue weighted by atomic mass is 16.6. The molecule has 3 unspecified atom stereocenters. The Hall–Kier alpha value is -5.06. The monoisotopic (exact) mass is 640 g/mol. The van der Waals surface area contributed by atoms with E-state index < -0.39 is 11.9 Å². The van der Waals surface area contributed by atoms with Crippen LogP contribution in [0.5, 0.6) is 34.5 Å². The lowest BCUT2D eigenvalue weighted by atomic mass is 10.1. The van der Waals surface area contributed by atoms with Gasteiger partial charge in [-0.25, -0.2) is 9.59 Å². The minimum atomic E-state index is -0.456. The number of benzene rings is 4. The lowest BCUT2D eigenvalue weighted by Gasteiger charge is -2.14. The predicted molar refractivity (Wildman–Crippen MR) is 171 cm³/mol. The summed E-state index contributed by atoms with van der Waals surface area (Å²) in [6.45, 7) is 5.55. The summed E-state index contributed by atoms with van der Waals surface area (Å²) >= 11 is 0. The van der Waals surface area contributed by atoms with Crippen molar-refractivity contribution in [2.75, 3.05) is 39.6 Å². The number of hydrogen-bond donors (Lipinski definition) is 0. The fourth-order valence-electron chi connectivity index (χ4n) is 4.32. The molecule has 4 aromatic carbocycles. The fraction of sp³-hybridized carbons (Fsp3) is 0.297. The molecule has 10 heteroatoms. The third-order valence-corrected chi connectivity index (χ3v) is 7.34. The predicted octanol–water partition coefficient (Wildman–Crippen LogP) is 6.16. The number of carbonyl (C=O) groups excluding carboxylic acids is 2. The molecule has 4 aromatic rings. The number of epoxide rings is 2. The van der Waals surface area contributed by atoms with Crippen LogP contribution in [0.25, 0.3) is 0 Å². The Morgan fingerprint density at radius 2 is 0.936 bits per heavy atom. The van der Waals surface area contributed by atoms with Gasteiger partial charge in [0.1, 0.15) is 59.9 Å². The highest BCUT2D eigenvalue weighted by Crippen LogP contribution is 2.23. The van der Waals surface area contributed by atoms with Crippen LogP contribution in [0.4, 0.5) is 0 Å². The van der Waals surface area contributed by atoms with Crippen LogP contribution in [0.1, 0.15) is 34.1 Å². The van der Waals surface area contributed by atoms with E-state index in [4.69, 9.17) is 37.9 Å². The Morgan fingerprint density at radius 3 is 1.36 bits per heavy atom. The summed E-state index contributed by atoms with van der Waals surface area (Å²) in [5.74, 6) is 2.88. The molecule has 2 heterocycles. The molecule has 0 amide bonds. The Kier molecular flexibility index (Phi) is 10.5. The van der Waals surface area contributed by atoms with Gasteiger partial charge >= 0.3 is 11.9 Å². The van der Waals surface area contributed by atoms with Crippen LogP contribution in [0.15, 0.2) is 97.1 Å². The van der Waals surface area contributed by atoms with Crippen LogP contribution >= 0.6 is 0 Å². The van der Waals surface area contributed by atoms with Gasteiger partial charge in [-0.1, -0.05) is 6.92 Å². The van der Waals surface area contributed by atoms with Crippen LogP contribution in [0.3, 0.4) is 0 Å². The third-order valence-electron chi connectivity index (χ3n) is 7.34. The standard InChI is InChI=1S/C37H36O10/c1-25(20-41-29-8-4-27(5-9-29)37(39)47-33-16-12-31(13-17-33)43-22-35-24-45-35)18-19-40-28-6-2-26(3-7-28)36(38)46-32-14-10-30(11-15-32)42-21-34-23-44-34/h2-17,25,34-35H,18-24H2,1H3. The number of carbonyl (C=O) groups is 2. The molecule has 0 aromatic heterocycles. The second-order valence-electron chi connectivity index (χ2n) is 11.4. The average Bonchev–Trinajstić information content (AvgIpc) is 4.04. The van der Waals surface area contributed by atoms with Crippen molar-refractivity contribution in [3.8, 4) is 34.5 Å². The molecule has 2 aliphatic rings. The Bertz CT molecular complexity index is 1590. The molecule has 47 heavy (non-hydrogen) atoms. The molecule has 10 nitrogen and oxygen atoms in total. The van der Waals surface area contributed by atoms with Gasteiger partial charge in [0.15, 0.2) is 0 Å². The largest absolute Gasteiger partial charge is 0.494 e. The molecule has 6 rings (SSSR count). The molecular weight excluding hydrogens is 604 g/mol. The van der Waals surface area contributed by atoms with Gasteiger partial charge in [-0.15, -0.1) is 0 Å². The fourth-order valence-corrected chi connectivity index (χ4v) is 4.32. The molecule has 0 aliphatic carbocycles. The molecule has 0 N–H and O–H groups in total. The van der Waals surface area contributed by atoms with E-state index in [9.17, 15) is 9.59 Å². The van der Waals surface area contributed by atoms with Crippen molar-refractivity contribution in [2.24, 2.45) is 5.92 Å². The molecule has 0 bridgehead atoms. The first-order valence-corrected chi connectivity index (χ1v) is 15.6. The van der Waals surface area contributed by atoms with Crippen molar-refractivity contribution < 1.29 is 47.5 Å². The molecule has 2 saturated heterocycles. The van der Waals surface area contributed by atoms with Gasteiger partial charge in [-0.05, 0) is 109 Å². The topological polar surface area (TPSA) is 115 Å². The maximum absolute atomic E-state index is 12.6. The van der Waals surface area contributed by atoms with Crippen molar-refractivity contribution in [3.05, 3.63) is 108 Å². The Balaban J connectivity index is 0.863. The highest BCUT2D eigenvalue weighted by molar-refractivity contribution is 5.91. The smallest absolute Gasteiger partial charge is 0.343 e. The number of esters is 2. The normalized spacial score (nSPS) is 16.8. The van der Waals surface area contributed by atoms with Crippen LogP contribution in [0.2, 0.25) is 0 Å². The molecule has 2 aliphatic heterocycles. The van der Waals surface area contributed by atoms with E-state index in [1.54, 1.807) is 97.1 Å².